The first-order valence-corrected chi connectivity index (χ1v) is 5.94. The molecule has 5 heteroatoms. The third-order valence-corrected chi connectivity index (χ3v) is 2.69. The van der Waals surface area contributed by atoms with Gasteiger partial charge in [-0.15, -0.1) is 0 Å². The van der Waals surface area contributed by atoms with Gasteiger partial charge in [0.2, 0.25) is 0 Å². The highest BCUT2D eigenvalue weighted by atomic mass is 79.9. The lowest BCUT2D eigenvalue weighted by molar-refractivity contribution is 0.625. The van der Waals surface area contributed by atoms with Crippen LogP contribution in [0.2, 0.25) is 0 Å². The molecule has 0 aromatic heterocycles. The molecule has 0 fully saturated rings. The number of hydrogen-bond acceptors (Lipinski definition) is 2. The molecule has 0 aliphatic heterocycles. The van der Waals surface area contributed by atoms with E-state index in [0.29, 0.717) is 11.3 Å². The molecule has 0 heterocycles. The van der Waals surface area contributed by atoms with Gasteiger partial charge in [0.1, 0.15) is 11.6 Å². The summed E-state index contributed by atoms with van der Waals surface area (Å²) in [6, 6.07) is 10.3. The van der Waals surface area contributed by atoms with Crippen molar-refractivity contribution in [2.75, 3.05) is 5.43 Å². The Morgan fingerprint density at radius 3 is 2.50 bits per heavy atom. The summed E-state index contributed by atoms with van der Waals surface area (Å²) in [4.78, 5) is 0. The van der Waals surface area contributed by atoms with E-state index in [4.69, 9.17) is 0 Å². The number of nitrogens with zero attached hydrogens (tertiary/aromatic N) is 1. The van der Waals surface area contributed by atoms with Gasteiger partial charge >= 0.3 is 0 Å². The van der Waals surface area contributed by atoms with E-state index in [2.05, 4.69) is 26.5 Å². The smallest absolute Gasteiger partial charge is 0.132 e. The molecule has 0 bridgehead atoms. The maximum atomic E-state index is 13.4. The molecule has 0 aliphatic carbocycles. The van der Waals surface area contributed by atoms with Gasteiger partial charge in [0.15, 0.2) is 0 Å². The molecule has 0 radical (unpaired) electrons. The third kappa shape index (κ3) is 3.37. The van der Waals surface area contributed by atoms with Gasteiger partial charge in [-0.25, -0.2) is 8.78 Å². The molecule has 0 saturated carbocycles. The van der Waals surface area contributed by atoms with Crippen molar-refractivity contribution in [2.45, 2.75) is 0 Å². The van der Waals surface area contributed by atoms with Gasteiger partial charge in [-0.05, 0) is 42.5 Å². The average Bonchev–Trinajstić information content (AvgIpc) is 2.36. The van der Waals surface area contributed by atoms with E-state index in [1.807, 2.05) is 0 Å². The van der Waals surface area contributed by atoms with Gasteiger partial charge in [-0.2, -0.15) is 5.10 Å². The molecule has 0 spiro atoms. The highest BCUT2D eigenvalue weighted by molar-refractivity contribution is 9.10. The van der Waals surface area contributed by atoms with Crippen molar-refractivity contribution < 1.29 is 8.78 Å². The predicted octanol–water partition coefficient (Wildman–Crippen LogP) is 4.17. The van der Waals surface area contributed by atoms with E-state index >= 15 is 0 Å². The number of anilines is 1. The molecule has 2 aromatic rings. The minimum atomic E-state index is -0.358. The maximum Gasteiger partial charge on any atom is 0.132 e. The Morgan fingerprint density at radius 1 is 1.06 bits per heavy atom. The van der Waals surface area contributed by atoms with Gasteiger partial charge in [0.25, 0.3) is 0 Å². The fourth-order valence-electron chi connectivity index (χ4n) is 1.31. The van der Waals surface area contributed by atoms with E-state index in [1.165, 1.54) is 24.4 Å². The second-order valence-electron chi connectivity index (χ2n) is 3.54. The fraction of sp³-hybridized carbons (Fsp3) is 0. The number of nitrogens with one attached hydrogen (secondary N) is 1. The van der Waals surface area contributed by atoms with Crippen LogP contribution >= 0.6 is 15.9 Å². The van der Waals surface area contributed by atoms with E-state index in [0.717, 1.165) is 4.47 Å². The van der Waals surface area contributed by atoms with Crippen molar-refractivity contribution in [2.24, 2.45) is 5.10 Å². The summed E-state index contributed by atoms with van der Waals surface area (Å²) >= 11 is 3.25. The lowest BCUT2D eigenvalue weighted by Crippen LogP contribution is -1.93. The normalized spacial score (nSPS) is 10.8. The Morgan fingerprint density at radius 2 is 1.78 bits per heavy atom. The summed E-state index contributed by atoms with van der Waals surface area (Å²) in [5.74, 6) is -0.676. The highest BCUT2D eigenvalue weighted by Crippen LogP contribution is 2.14. The topological polar surface area (TPSA) is 24.4 Å². The van der Waals surface area contributed by atoms with E-state index in [-0.39, 0.29) is 11.6 Å². The minimum Gasteiger partial charge on any atom is -0.278 e. The Balaban J connectivity index is 2.07. The third-order valence-electron chi connectivity index (χ3n) is 2.20. The lowest BCUT2D eigenvalue weighted by atomic mass is 10.2. The summed E-state index contributed by atoms with van der Waals surface area (Å²) in [7, 11) is 0. The predicted molar refractivity (Wildman–Crippen MR) is 71.7 cm³/mol. The number of halogens is 3. The van der Waals surface area contributed by atoms with Crippen LogP contribution < -0.4 is 5.43 Å². The number of hydrogen-bond donors (Lipinski definition) is 1. The van der Waals surface area contributed by atoms with Crippen LogP contribution in [0.4, 0.5) is 14.5 Å². The van der Waals surface area contributed by atoms with Crippen LogP contribution in [-0.4, -0.2) is 6.21 Å². The highest BCUT2D eigenvalue weighted by Gasteiger charge is 1.99. The number of benzene rings is 2. The van der Waals surface area contributed by atoms with Crippen LogP contribution in [-0.2, 0) is 0 Å². The lowest BCUT2D eigenvalue weighted by Gasteiger charge is -2.00. The van der Waals surface area contributed by atoms with Crippen molar-refractivity contribution in [3.05, 3.63) is 64.1 Å². The van der Waals surface area contributed by atoms with E-state index in [9.17, 15) is 8.78 Å². The monoisotopic (exact) mass is 310 g/mol. The summed E-state index contributed by atoms with van der Waals surface area (Å²) in [6.07, 6.45) is 1.36. The molecule has 2 nitrogen and oxygen atoms in total. The number of hydrazone groups is 1. The molecule has 0 amide bonds. The minimum absolute atomic E-state index is 0.317. The van der Waals surface area contributed by atoms with Crippen molar-refractivity contribution in [1.82, 2.24) is 0 Å². The second kappa shape index (κ2) is 5.73. The first-order chi connectivity index (χ1) is 8.65. The Labute approximate surface area is 111 Å². The molecular weight excluding hydrogens is 302 g/mol. The van der Waals surface area contributed by atoms with E-state index in [1.54, 1.807) is 24.3 Å². The van der Waals surface area contributed by atoms with E-state index < -0.39 is 0 Å². The zero-order valence-electron chi connectivity index (χ0n) is 9.20. The van der Waals surface area contributed by atoms with Crippen LogP contribution in [0.1, 0.15) is 5.56 Å². The molecule has 92 valence electrons. The first kappa shape index (κ1) is 12.7. The first-order valence-electron chi connectivity index (χ1n) is 5.15. The van der Waals surface area contributed by atoms with Gasteiger partial charge < -0.3 is 0 Å². The molecule has 2 rings (SSSR count). The summed E-state index contributed by atoms with van der Waals surface area (Å²) in [5, 5.41) is 3.89. The quantitative estimate of drug-likeness (QED) is 0.667. The van der Waals surface area contributed by atoms with Crippen LogP contribution in [0.25, 0.3) is 0 Å². The van der Waals surface area contributed by atoms with Gasteiger partial charge in [0, 0.05) is 10.0 Å². The Kier molecular flexibility index (Phi) is 4.04. The van der Waals surface area contributed by atoms with Crippen molar-refractivity contribution in [3.8, 4) is 0 Å². The van der Waals surface area contributed by atoms with Crippen LogP contribution in [0.3, 0.4) is 0 Å². The average molecular weight is 311 g/mol. The molecule has 0 atom stereocenters. The largest absolute Gasteiger partial charge is 0.278 e. The summed E-state index contributed by atoms with van der Waals surface area (Å²) in [6.45, 7) is 0. The Hall–Kier alpha value is -1.75. The van der Waals surface area contributed by atoms with Gasteiger partial charge in [-0.3, -0.25) is 5.43 Å². The standard InChI is InChI=1S/C13H9BrF2N2/c14-10-1-6-13(16)9(7-10)8-17-18-12-4-2-11(15)3-5-12/h1-8,18H. The fourth-order valence-corrected chi connectivity index (χ4v) is 1.69. The van der Waals surface area contributed by atoms with Crippen molar-refractivity contribution in [1.29, 1.82) is 0 Å². The molecule has 0 saturated heterocycles. The van der Waals surface area contributed by atoms with Crippen molar-refractivity contribution in [3.63, 3.8) is 0 Å². The van der Waals surface area contributed by atoms with Gasteiger partial charge in [0.05, 0.1) is 11.9 Å². The molecular formula is C13H9BrF2N2. The SMILES string of the molecule is Fc1ccc(NN=Cc2cc(Br)ccc2F)cc1. The molecule has 1 N–H and O–H groups in total. The number of rotatable bonds is 3. The van der Waals surface area contributed by atoms with Crippen molar-refractivity contribution >= 4 is 27.8 Å². The maximum absolute atomic E-state index is 13.4. The van der Waals surface area contributed by atoms with Crippen LogP contribution in [0, 0.1) is 11.6 Å². The molecule has 18 heavy (non-hydrogen) atoms. The van der Waals surface area contributed by atoms with Crippen LogP contribution in [0.15, 0.2) is 52.0 Å². The molecule has 0 unspecified atom stereocenters. The summed E-state index contributed by atoms with van der Waals surface area (Å²) < 4.78 is 26.8. The molecule has 2 aromatic carbocycles. The molecule has 0 aliphatic rings. The summed E-state index contributed by atoms with van der Waals surface area (Å²) in [5.41, 5.74) is 3.68. The zero-order chi connectivity index (χ0) is 13.0. The van der Waals surface area contributed by atoms with Crippen LogP contribution in [0.5, 0.6) is 0 Å². The second-order valence-corrected chi connectivity index (χ2v) is 4.46. The zero-order valence-corrected chi connectivity index (χ0v) is 10.8. The Bertz CT molecular complexity index is 568. The van der Waals surface area contributed by atoms with Gasteiger partial charge in [-0.1, -0.05) is 15.9 Å².